The number of aryl methyl sites for hydroxylation is 1. The van der Waals surface area contributed by atoms with Crippen LogP contribution >= 0.6 is 0 Å². The maximum absolute atomic E-state index is 13.7. The zero-order chi connectivity index (χ0) is 23.7. The molecule has 168 valence electrons. The van der Waals surface area contributed by atoms with Crippen molar-refractivity contribution in [3.63, 3.8) is 0 Å². The van der Waals surface area contributed by atoms with Crippen molar-refractivity contribution in [1.29, 1.82) is 5.26 Å². The molecular weight excluding hydrogens is 424 g/mol. The van der Waals surface area contributed by atoms with Gasteiger partial charge in [0.2, 0.25) is 0 Å². The fourth-order valence-electron chi connectivity index (χ4n) is 4.54. The van der Waals surface area contributed by atoms with E-state index in [1.807, 2.05) is 54.3 Å². The molecule has 0 atom stereocenters. The van der Waals surface area contributed by atoms with Gasteiger partial charge in [0.1, 0.15) is 5.70 Å². The van der Waals surface area contributed by atoms with E-state index in [0.29, 0.717) is 35.6 Å². The number of amides is 2. The monoisotopic (exact) mass is 448 g/mol. The molecule has 2 aliphatic rings. The van der Waals surface area contributed by atoms with Crippen molar-refractivity contribution in [2.45, 2.75) is 6.92 Å². The Balaban J connectivity index is 1.50. The minimum atomic E-state index is -0.334. The summed E-state index contributed by atoms with van der Waals surface area (Å²) in [5.74, 6) is -0.655. The second-order valence-electron chi connectivity index (χ2n) is 8.50. The minimum absolute atomic E-state index is 0.321. The Morgan fingerprint density at radius 1 is 0.706 bits per heavy atom. The summed E-state index contributed by atoms with van der Waals surface area (Å²) in [4.78, 5) is 32.9. The van der Waals surface area contributed by atoms with Crippen LogP contribution in [0.15, 0.2) is 84.6 Å². The van der Waals surface area contributed by atoms with Crippen molar-refractivity contribution in [3.05, 3.63) is 101 Å². The van der Waals surface area contributed by atoms with Gasteiger partial charge in [0, 0.05) is 31.9 Å². The van der Waals surface area contributed by atoms with Crippen LogP contribution in [0.25, 0.3) is 5.57 Å². The number of nitriles is 1. The van der Waals surface area contributed by atoms with E-state index in [0.717, 1.165) is 29.9 Å². The molecule has 0 unspecified atom stereocenters. The Morgan fingerprint density at radius 3 is 1.94 bits per heavy atom. The van der Waals surface area contributed by atoms with Crippen molar-refractivity contribution in [2.75, 3.05) is 36.0 Å². The lowest BCUT2D eigenvalue weighted by molar-refractivity contribution is -0.120. The zero-order valence-corrected chi connectivity index (χ0v) is 18.9. The maximum Gasteiger partial charge on any atom is 0.282 e. The fraction of sp³-hybridized carbons (Fsp3) is 0.179. The summed E-state index contributed by atoms with van der Waals surface area (Å²) in [7, 11) is 0. The van der Waals surface area contributed by atoms with Crippen LogP contribution in [0, 0.1) is 18.3 Å². The number of hydrogen-bond acceptors (Lipinski definition) is 5. The molecule has 3 aromatic rings. The van der Waals surface area contributed by atoms with E-state index in [-0.39, 0.29) is 11.8 Å². The summed E-state index contributed by atoms with van der Waals surface area (Å²) < 4.78 is 0. The van der Waals surface area contributed by atoms with Gasteiger partial charge in [-0.25, -0.2) is 4.90 Å². The number of piperazine rings is 1. The molecule has 0 N–H and O–H groups in total. The van der Waals surface area contributed by atoms with Gasteiger partial charge in [-0.05, 0) is 48.9 Å². The first-order valence-electron chi connectivity index (χ1n) is 11.3. The van der Waals surface area contributed by atoms with E-state index in [9.17, 15) is 9.59 Å². The number of anilines is 2. The predicted octanol–water partition coefficient (Wildman–Crippen LogP) is 3.97. The summed E-state index contributed by atoms with van der Waals surface area (Å²) in [6, 6.07) is 26.5. The van der Waals surface area contributed by atoms with E-state index in [2.05, 4.69) is 23.1 Å². The topological polar surface area (TPSA) is 67.7 Å². The van der Waals surface area contributed by atoms with Crippen molar-refractivity contribution in [1.82, 2.24) is 4.90 Å². The highest BCUT2D eigenvalue weighted by Gasteiger charge is 2.43. The molecule has 0 aliphatic carbocycles. The molecule has 6 heteroatoms. The predicted molar refractivity (Wildman–Crippen MR) is 132 cm³/mol. The second-order valence-corrected chi connectivity index (χ2v) is 8.50. The van der Waals surface area contributed by atoms with Gasteiger partial charge in [0.15, 0.2) is 0 Å². The molecule has 1 saturated heterocycles. The van der Waals surface area contributed by atoms with Crippen LogP contribution in [-0.2, 0) is 9.59 Å². The molecule has 0 bridgehead atoms. The van der Waals surface area contributed by atoms with Crippen molar-refractivity contribution in [3.8, 4) is 6.07 Å². The smallest absolute Gasteiger partial charge is 0.282 e. The highest BCUT2D eigenvalue weighted by atomic mass is 16.2. The first-order chi connectivity index (χ1) is 16.6. The van der Waals surface area contributed by atoms with Gasteiger partial charge in [-0.2, -0.15) is 5.26 Å². The number of carbonyl (C=O) groups excluding carboxylic acids is 2. The van der Waals surface area contributed by atoms with Crippen LogP contribution in [0.4, 0.5) is 11.4 Å². The van der Waals surface area contributed by atoms with Crippen LogP contribution in [0.5, 0.6) is 0 Å². The van der Waals surface area contributed by atoms with Crippen LogP contribution in [-0.4, -0.2) is 42.9 Å². The van der Waals surface area contributed by atoms with E-state index < -0.39 is 0 Å². The lowest BCUT2D eigenvalue weighted by atomic mass is 10.0. The summed E-state index contributed by atoms with van der Waals surface area (Å²) in [6.07, 6.45) is 0. The molecule has 0 aromatic heterocycles. The molecule has 6 nitrogen and oxygen atoms in total. The SMILES string of the molecule is Cc1ccc(C2=C(N3CCN(c4ccccc4)CC3)C(=O)N(c3ccc(C#N)cc3)C2=O)cc1. The average Bonchev–Trinajstić information content (AvgIpc) is 3.15. The van der Waals surface area contributed by atoms with Crippen LogP contribution < -0.4 is 9.80 Å². The molecule has 2 heterocycles. The van der Waals surface area contributed by atoms with E-state index in [1.165, 1.54) is 4.90 Å². The number of rotatable bonds is 4. The number of nitrogens with zero attached hydrogens (tertiary/aromatic N) is 4. The summed E-state index contributed by atoms with van der Waals surface area (Å²) >= 11 is 0. The molecule has 3 aromatic carbocycles. The molecule has 0 radical (unpaired) electrons. The normalized spacial score (nSPS) is 16.3. The molecule has 2 aliphatic heterocycles. The Morgan fingerprint density at radius 2 is 1.32 bits per heavy atom. The lowest BCUT2D eigenvalue weighted by Crippen LogP contribution is -2.47. The Bertz CT molecular complexity index is 1300. The third-order valence-electron chi connectivity index (χ3n) is 6.37. The molecule has 2 amide bonds. The van der Waals surface area contributed by atoms with Gasteiger partial charge < -0.3 is 9.80 Å². The average molecular weight is 449 g/mol. The molecule has 0 spiro atoms. The molecular formula is C28H24N4O2. The maximum atomic E-state index is 13.7. The van der Waals surface area contributed by atoms with E-state index in [1.54, 1.807) is 24.3 Å². The van der Waals surface area contributed by atoms with Gasteiger partial charge >= 0.3 is 0 Å². The standard InChI is InChI=1S/C28H24N4O2/c1-20-7-11-22(12-8-20)25-26(31-17-15-30(16-18-31)23-5-3-2-4-6-23)28(34)32(27(25)33)24-13-9-21(19-29)10-14-24/h2-14H,15-18H2,1H3. The number of hydrogen-bond donors (Lipinski definition) is 0. The van der Waals surface area contributed by atoms with Gasteiger partial charge in [-0.3, -0.25) is 9.59 Å². The largest absolute Gasteiger partial charge is 0.368 e. The third-order valence-corrected chi connectivity index (χ3v) is 6.37. The summed E-state index contributed by atoms with van der Waals surface area (Å²) in [5, 5.41) is 9.11. The first kappa shape index (κ1) is 21.5. The van der Waals surface area contributed by atoms with E-state index >= 15 is 0 Å². The molecule has 34 heavy (non-hydrogen) atoms. The number of benzene rings is 3. The van der Waals surface area contributed by atoms with E-state index in [4.69, 9.17) is 5.26 Å². The molecule has 0 saturated carbocycles. The number of para-hydroxylation sites is 1. The van der Waals surface area contributed by atoms with Crippen LogP contribution in [0.2, 0.25) is 0 Å². The number of imide groups is 1. The van der Waals surface area contributed by atoms with Crippen molar-refractivity contribution >= 4 is 28.8 Å². The van der Waals surface area contributed by atoms with Crippen molar-refractivity contribution < 1.29 is 9.59 Å². The Kier molecular flexibility index (Phi) is 5.60. The minimum Gasteiger partial charge on any atom is -0.368 e. The Hall–Kier alpha value is -4.37. The molecule has 5 rings (SSSR count). The fourth-order valence-corrected chi connectivity index (χ4v) is 4.54. The highest BCUT2D eigenvalue weighted by Crippen LogP contribution is 2.35. The van der Waals surface area contributed by atoms with Gasteiger partial charge in [0.25, 0.3) is 11.8 Å². The highest BCUT2D eigenvalue weighted by molar-refractivity contribution is 6.45. The summed E-state index contributed by atoms with van der Waals surface area (Å²) in [6.45, 7) is 4.78. The molecule has 1 fully saturated rings. The third kappa shape index (κ3) is 3.82. The quantitative estimate of drug-likeness (QED) is 0.565. The van der Waals surface area contributed by atoms with Gasteiger partial charge in [-0.15, -0.1) is 0 Å². The summed E-state index contributed by atoms with van der Waals surface area (Å²) in [5.41, 5.74) is 4.81. The van der Waals surface area contributed by atoms with Crippen molar-refractivity contribution in [2.24, 2.45) is 0 Å². The van der Waals surface area contributed by atoms with Gasteiger partial charge in [-0.1, -0.05) is 48.0 Å². The van der Waals surface area contributed by atoms with Crippen LogP contribution in [0.3, 0.4) is 0 Å². The first-order valence-corrected chi connectivity index (χ1v) is 11.3. The van der Waals surface area contributed by atoms with Crippen LogP contribution in [0.1, 0.15) is 16.7 Å². The van der Waals surface area contributed by atoms with Gasteiger partial charge in [0.05, 0.1) is 22.9 Å². The zero-order valence-electron chi connectivity index (χ0n) is 18.9. The number of carbonyl (C=O) groups is 2. The Labute approximate surface area is 198 Å². The second kappa shape index (κ2) is 8.87. The lowest BCUT2D eigenvalue weighted by Gasteiger charge is -2.37.